The SMILES string of the molecule is CSc1ccccc1CNC(=O)C(N)C(C)C. The standard InChI is InChI=1S/C13H20N2OS/c1-9(2)12(14)13(16)15-8-10-6-4-5-7-11(10)17-3/h4-7,9,12H,8,14H2,1-3H3,(H,15,16). The zero-order chi connectivity index (χ0) is 12.8. The van der Waals surface area contributed by atoms with Gasteiger partial charge in [-0.3, -0.25) is 4.79 Å². The minimum absolute atomic E-state index is 0.0871. The molecule has 17 heavy (non-hydrogen) atoms. The Bertz CT molecular complexity index is 379. The lowest BCUT2D eigenvalue weighted by Gasteiger charge is -2.16. The summed E-state index contributed by atoms with van der Waals surface area (Å²) in [6, 6.07) is 7.61. The summed E-state index contributed by atoms with van der Waals surface area (Å²) in [5, 5.41) is 2.88. The van der Waals surface area contributed by atoms with Crippen LogP contribution in [0.1, 0.15) is 19.4 Å². The van der Waals surface area contributed by atoms with E-state index >= 15 is 0 Å². The predicted molar refractivity (Wildman–Crippen MR) is 72.9 cm³/mol. The van der Waals surface area contributed by atoms with Gasteiger partial charge in [0, 0.05) is 11.4 Å². The van der Waals surface area contributed by atoms with Crippen LogP contribution < -0.4 is 11.1 Å². The Morgan fingerprint density at radius 1 is 1.41 bits per heavy atom. The van der Waals surface area contributed by atoms with Gasteiger partial charge in [-0.25, -0.2) is 0 Å². The Balaban J connectivity index is 2.58. The van der Waals surface area contributed by atoms with Crippen molar-refractivity contribution >= 4 is 17.7 Å². The van der Waals surface area contributed by atoms with E-state index in [2.05, 4.69) is 11.4 Å². The van der Waals surface area contributed by atoms with Crippen LogP contribution in [0.25, 0.3) is 0 Å². The maximum absolute atomic E-state index is 11.7. The second kappa shape index (κ2) is 6.67. The van der Waals surface area contributed by atoms with Gasteiger partial charge in [0.15, 0.2) is 0 Å². The Kier molecular flexibility index (Phi) is 5.51. The molecule has 1 rings (SSSR count). The molecule has 0 spiro atoms. The highest BCUT2D eigenvalue weighted by Crippen LogP contribution is 2.19. The summed E-state index contributed by atoms with van der Waals surface area (Å²) < 4.78 is 0. The van der Waals surface area contributed by atoms with Gasteiger partial charge in [0.25, 0.3) is 0 Å². The van der Waals surface area contributed by atoms with Crippen molar-refractivity contribution in [3.63, 3.8) is 0 Å². The third-order valence-electron chi connectivity index (χ3n) is 2.67. The molecular weight excluding hydrogens is 232 g/mol. The summed E-state index contributed by atoms with van der Waals surface area (Å²) in [6.45, 7) is 4.43. The number of thioether (sulfide) groups is 1. The number of hydrogen-bond donors (Lipinski definition) is 2. The molecule has 0 aliphatic heterocycles. The van der Waals surface area contributed by atoms with E-state index in [1.165, 1.54) is 4.90 Å². The molecule has 0 heterocycles. The fraction of sp³-hybridized carbons (Fsp3) is 0.462. The normalized spacial score (nSPS) is 12.5. The zero-order valence-corrected chi connectivity index (χ0v) is 11.4. The Labute approximate surface area is 107 Å². The second-order valence-corrected chi connectivity index (χ2v) is 5.15. The molecule has 0 saturated heterocycles. The molecule has 3 nitrogen and oxygen atoms in total. The molecule has 1 atom stereocenters. The second-order valence-electron chi connectivity index (χ2n) is 4.30. The van der Waals surface area contributed by atoms with Gasteiger partial charge in [-0.2, -0.15) is 0 Å². The van der Waals surface area contributed by atoms with Crippen LogP contribution in [0.3, 0.4) is 0 Å². The number of carbonyl (C=O) groups excluding carboxylic acids is 1. The van der Waals surface area contributed by atoms with Crippen LogP contribution in [-0.2, 0) is 11.3 Å². The number of amides is 1. The molecular formula is C13H20N2OS. The Morgan fingerprint density at radius 3 is 2.65 bits per heavy atom. The van der Waals surface area contributed by atoms with Gasteiger partial charge < -0.3 is 11.1 Å². The first-order valence-corrected chi connectivity index (χ1v) is 6.94. The maximum atomic E-state index is 11.7. The first-order chi connectivity index (χ1) is 8.06. The summed E-state index contributed by atoms with van der Waals surface area (Å²) >= 11 is 1.68. The fourth-order valence-corrected chi connectivity index (χ4v) is 2.07. The van der Waals surface area contributed by atoms with Crippen LogP contribution in [0.2, 0.25) is 0 Å². The van der Waals surface area contributed by atoms with E-state index in [1.807, 2.05) is 38.3 Å². The molecule has 0 radical (unpaired) electrons. The first-order valence-electron chi connectivity index (χ1n) is 5.71. The molecule has 1 aromatic rings. The molecule has 1 amide bonds. The molecule has 1 aromatic carbocycles. The van der Waals surface area contributed by atoms with Gasteiger partial charge >= 0.3 is 0 Å². The summed E-state index contributed by atoms with van der Waals surface area (Å²) in [6.07, 6.45) is 2.03. The van der Waals surface area contributed by atoms with E-state index in [9.17, 15) is 4.79 Å². The van der Waals surface area contributed by atoms with Gasteiger partial charge in [0.05, 0.1) is 6.04 Å². The Morgan fingerprint density at radius 2 is 2.06 bits per heavy atom. The monoisotopic (exact) mass is 252 g/mol. The van der Waals surface area contributed by atoms with Crippen molar-refractivity contribution in [2.75, 3.05) is 6.26 Å². The summed E-state index contributed by atoms with van der Waals surface area (Å²) in [5.74, 6) is 0.0710. The maximum Gasteiger partial charge on any atom is 0.237 e. The van der Waals surface area contributed by atoms with Crippen molar-refractivity contribution in [2.24, 2.45) is 11.7 Å². The molecule has 1 unspecified atom stereocenters. The van der Waals surface area contributed by atoms with Gasteiger partial charge in [-0.1, -0.05) is 32.0 Å². The molecule has 3 N–H and O–H groups in total. The highest BCUT2D eigenvalue weighted by Gasteiger charge is 2.16. The zero-order valence-electron chi connectivity index (χ0n) is 10.6. The third-order valence-corrected chi connectivity index (χ3v) is 3.50. The average Bonchev–Trinajstić information content (AvgIpc) is 2.35. The van der Waals surface area contributed by atoms with E-state index < -0.39 is 6.04 Å². The first kappa shape index (κ1) is 14.1. The third kappa shape index (κ3) is 4.06. The highest BCUT2D eigenvalue weighted by molar-refractivity contribution is 7.98. The largest absolute Gasteiger partial charge is 0.351 e. The van der Waals surface area contributed by atoms with Crippen molar-refractivity contribution in [1.29, 1.82) is 0 Å². The summed E-state index contributed by atoms with van der Waals surface area (Å²) in [4.78, 5) is 12.9. The Hall–Kier alpha value is -1.00. The van der Waals surface area contributed by atoms with E-state index in [-0.39, 0.29) is 11.8 Å². The predicted octanol–water partition coefficient (Wildman–Crippen LogP) is 2.01. The van der Waals surface area contributed by atoms with Gasteiger partial charge in [0.1, 0.15) is 0 Å². The number of carbonyl (C=O) groups is 1. The van der Waals surface area contributed by atoms with Crippen molar-refractivity contribution in [3.8, 4) is 0 Å². The lowest BCUT2D eigenvalue weighted by molar-refractivity contribution is -0.123. The number of nitrogens with one attached hydrogen (secondary N) is 1. The van der Waals surface area contributed by atoms with Crippen LogP contribution in [0.4, 0.5) is 0 Å². The van der Waals surface area contributed by atoms with Crippen molar-refractivity contribution in [2.45, 2.75) is 31.3 Å². The number of hydrogen-bond acceptors (Lipinski definition) is 3. The minimum atomic E-state index is -0.434. The van der Waals surface area contributed by atoms with Gasteiger partial charge in [0.2, 0.25) is 5.91 Å². The summed E-state index contributed by atoms with van der Waals surface area (Å²) in [7, 11) is 0. The topological polar surface area (TPSA) is 55.1 Å². The molecule has 0 aliphatic carbocycles. The lowest BCUT2D eigenvalue weighted by Crippen LogP contribution is -2.43. The minimum Gasteiger partial charge on any atom is -0.351 e. The molecule has 0 aromatic heterocycles. The van der Waals surface area contributed by atoms with E-state index in [1.54, 1.807) is 11.8 Å². The number of nitrogens with two attached hydrogens (primary N) is 1. The van der Waals surface area contributed by atoms with E-state index in [0.29, 0.717) is 6.54 Å². The number of benzene rings is 1. The van der Waals surface area contributed by atoms with Crippen LogP contribution in [0.15, 0.2) is 29.2 Å². The fourth-order valence-electron chi connectivity index (χ4n) is 1.45. The highest BCUT2D eigenvalue weighted by atomic mass is 32.2. The van der Waals surface area contributed by atoms with E-state index in [4.69, 9.17) is 5.73 Å². The van der Waals surface area contributed by atoms with Crippen molar-refractivity contribution in [3.05, 3.63) is 29.8 Å². The van der Waals surface area contributed by atoms with Gasteiger partial charge in [-0.05, 0) is 23.8 Å². The molecule has 0 fully saturated rings. The van der Waals surface area contributed by atoms with Crippen molar-refractivity contribution < 1.29 is 4.79 Å². The average molecular weight is 252 g/mol. The quantitative estimate of drug-likeness (QED) is 0.788. The van der Waals surface area contributed by atoms with E-state index in [0.717, 1.165) is 5.56 Å². The molecule has 0 bridgehead atoms. The van der Waals surface area contributed by atoms with Gasteiger partial charge in [-0.15, -0.1) is 11.8 Å². The van der Waals surface area contributed by atoms with Crippen molar-refractivity contribution in [1.82, 2.24) is 5.32 Å². The molecule has 0 aliphatic rings. The lowest BCUT2D eigenvalue weighted by atomic mass is 10.0. The van der Waals surface area contributed by atoms with Crippen LogP contribution >= 0.6 is 11.8 Å². The van der Waals surface area contributed by atoms with Crippen LogP contribution in [0, 0.1) is 5.92 Å². The smallest absolute Gasteiger partial charge is 0.237 e. The molecule has 4 heteroatoms. The van der Waals surface area contributed by atoms with Crippen LogP contribution in [0.5, 0.6) is 0 Å². The number of rotatable bonds is 5. The summed E-state index contributed by atoms with van der Waals surface area (Å²) in [5.41, 5.74) is 6.91. The van der Waals surface area contributed by atoms with Crippen LogP contribution in [-0.4, -0.2) is 18.2 Å². The molecule has 0 saturated carbocycles. The molecule has 94 valence electrons.